The predicted molar refractivity (Wildman–Crippen MR) is 90.6 cm³/mol. The van der Waals surface area contributed by atoms with Gasteiger partial charge >= 0.3 is 0 Å². The summed E-state index contributed by atoms with van der Waals surface area (Å²) in [7, 11) is -1.79. The molecule has 1 aromatic heterocycles. The second-order valence-electron chi connectivity index (χ2n) is 5.54. The topological polar surface area (TPSA) is 56.3 Å². The molecule has 0 saturated heterocycles. The molecule has 0 amide bonds. The van der Waals surface area contributed by atoms with E-state index in [1.807, 2.05) is 0 Å². The third-order valence-electron chi connectivity index (χ3n) is 3.81. The van der Waals surface area contributed by atoms with E-state index in [-0.39, 0.29) is 10.8 Å². The second-order valence-corrected chi connectivity index (χ2v) is 7.50. The predicted octanol–water partition coefficient (Wildman–Crippen LogP) is 3.38. The summed E-state index contributed by atoms with van der Waals surface area (Å²) < 4.78 is 41.9. The lowest BCUT2D eigenvalue weighted by Gasteiger charge is -2.12. The first kappa shape index (κ1) is 16.4. The zero-order valence-corrected chi connectivity index (χ0v) is 14.1. The van der Waals surface area contributed by atoms with E-state index in [2.05, 4.69) is 4.98 Å². The van der Waals surface area contributed by atoms with Crippen LogP contribution in [0.1, 0.15) is 11.1 Å². The zero-order valence-electron chi connectivity index (χ0n) is 13.3. The minimum Gasteiger partial charge on any atom is -0.496 e. The summed E-state index contributed by atoms with van der Waals surface area (Å²) in [6.07, 6.45) is 1.66. The van der Waals surface area contributed by atoms with E-state index in [0.717, 1.165) is 22.8 Å². The van der Waals surface area contributed by atoms with Gasteiger partial charge in [0, 0.05) is 23.6 Å². The van der Waals surface area contributed by atoms with E-state index in [9.17, 15) is 12.8 Å². The third kappa shape index (κ3) is 3.23. The number of halogens is 1. The fourth-order valence-electron chi connectivity index (χ4n) is 2.61. The van der Waals surface area contributed by atoms with Crippen LogP contribution >= 0.6 is 0 Å². The van der Waals surface area contributed by atoms with Crippen molar-refractivity contribution in [3.63, 3.8) is 0 Å². The zero-order chi connectivity index (χ0) is 17.3. The van der Waals surface area contributed by atoms with E-state index in [0.29, 0.717) is 17.7 Å². The van der Waals surface area contributed by atoms with E-state index < -0.39 is 9.84 Å². The van der Waals surface area contributed by atoms with Gasteiger partial charge in [0.2, 0.25) is 0 Å². The van der Waals surface area contributed by atoms with Crippen molar-refractivity contribution in [1.82, 2.24) is 4.98 Å². The van der Waals surface area contributed by atoms with Crippen molar-refractivity contribution in [2.45, 2.75) is 11.4 Å². The maximum Gasteiger partial charge on any atom is 0.192 e. The molecule has 124 valence electrons. The number of rotatable bonds is 4. The van der Waals surface area contributed by atoms with Crippen molar-refractivity contribution in [2.24, 2.45) is 0 Å². The van der Waals surface area contributed by atoms with Gasteiger partial charge in [0.25, 0.3) is 0 Å². The lowest BCUT2D eigenvalue weighted by atomic mass is 9.99. The molecule has 3 aromatic rings. The van der Waals surface area contributed by atoms with Crippen molar-refractivity contribution >= 4 is 20.7 Å². The molecule has 0 spiro atoms. The number of sulfone groups is 1. The SMILES string of the molecule is COc1ccc2nc(S(C)(=O)=O)ccc2c1Cc1ccc(F)cc1. The van der Waals surface area contributed by atoms with Gasteiger partial charge in [-0.05, 0) is 42.0 Å². The van der Waals surface area contributed by atoms with Crippen molar-refractivity contribution in [2.75, 3.05) is 13.4 Å². The summed E-state index contributed by atoms with van der Waals surface area (Å²) in [5.41, 5.74) is 2.39. The van der Waals surface area contributed by atoms with Crippen molar-refractivity contribution < 1.29 is 17.5 Å². The Morgan fingerprint density at radius 2 is 1.75 bits per heavy atom. The van der Waals surface area contributed by atoms with Gasteiger partial charge in [0.15, 0.2) is 14.9 Å². The Morgan fingerprint density at radius 1 is 1.04 bits per heavy atom. The highest BCUT2D eigenvalue weighted by Crippen LogP contribution is 2.30. The molecule has 0 N–H and O–H groups in total. The molecular weight excluding hydrogens is 329 g/mol. The average Bonchev–Trinajstić information content (AvgIpc) is 2.56. The summed E-state index contributed by atoms with van der Waals surface area (Å²) >= 11 is 0. The number of aromatic nitrogens is 1. The largest absolute Gasteiger partial charge is 0.496 e. The molecule has 0 aliphatic carbocycles. The standard InChI is InChI=1S/C18H16FNO3S/c1-23-17-9-8-16-14(7-10-18(20-16)24(2,21)22)15(17)11-12-3-5-13(19)6-4-12/h3-10H,11H2,1-2H3. The van der Waals surface area contributed by atoms with E-state index in [1.54, 1.807) is 37.4 Å². The number of ether oxygens (including phenoxy) is 1. The summed E-state index contributed by atoms with van der Waals surface area (Å²) in [6, 6.07) is 13.0. The van der Waals surface area contributed by atoms with Gasteiger partial charge in [-0.25, -0.2) is 17.8 Å². The van der Waals surface area contributed by atoms with Crippen LogP contribution in [0, 0.1) is 5.82 Å². The second kappa shape index (κ2) is 6.20. The van der Waals surface area contributed by atoms with Crippen LogP contribution in [-0.2, 0) is 16.3 Å². The fraction of sp³-hybridized carbons (Fsp3) is 0.167. The highest BCUT2D eigenvalue weighted by atomic mass is 32.2. The van der Waals surface area contributed by atoms with Gasteiger partial charge in [0.05, 0.1) is 12.6 Å². The maximum atomic E-state index is 13.1. The van der Waals surface area contributed by atoms with Crippen LogP contribution in [0.4, 0.5) is 4.39 Å². The van der Waals surface area contributed by atoms with Gasteiger partial charge in [-0.1, -0.05) is 12.1 Å². The minimum absolute atomic E-state index is 0.0351. The monoisotopic (exact) mass is 345 g/mol. The molecule has 0 aliphatic heterocycles. The smallest absolute Gasteiger partial charge is 0.192 e. The van der Waals surface area contributed by atoms with E-state index in [4.69, 9.17) is 4.74 Å². The summed E-state index contributed by atoms with van der Waals surface area (Å²) in [4.78, 5) is 4.23. The summed E-state index contributed by atoms with van der Waals surface area (Å²) in [5.74, 6) is 0.392. The Hall–Kier alpha value is -2.47. The highest BCUT2D eigenvalue weighted by molar-refractivity contribution is 7.90. The molecule has 4 nitrogen and oxygen atoms in total. The molecule has 0 fully saturated rings. The van der Waals surface area contributed by atoms with Crippen LogP contribution < -0.4 is 4.74 Å². The molecule has 3 rings (SSSR count). The lowest BCUT2D eigenvalue weighted by molar-refractivity contribution is 0.411. The normalized spacial score (nSPS) is 11.6. The number of pyridine rings is 1. The molecule has 0 bridgehead atoms. The van der Waals surface area contributed by atoms with Crippen LogP contribution in [-0.4, -0.2) is 26.8 Å². The Morgan fingerprint density at radius 3 is 2.38 bits per heavy atom. The van der Waals surface area contributed by atoms with Gasteiger partial charge in [-0.3, -0.25) is 0 Å². The number of hydrogen-bond donors (Lipinski definition) is 0. The molecule has 1 heterocycles. The van der Waals surface area contributed by atoms with E-state index in [1.165, 1.54) is 18.2 Å². The first-order valence-electron chi connectivity index (χ1n) is 7.29. The Bertz CT molecular complexity index is 999. The van der Waals surface area contributed by atoms with Crippen LogP contribution in [0.5, 0.6) is 5.75 Å². The van der Waals surface area contributed by atoms with Crippen LogP contribution in [0.3, 0.4) is 0 Å². The van der Waals surface area contributed by atoms with Gasteiger partial charge in [0.1, 0.15) is 11.6 Å². The van der Waals surface area contributed by atoms with Crippen LogP contribution in [0.2, 0.25) is 0 Å². The van der Waals surface area contributed by atoms with Crippen molar-refractivity contribution in [3.8, 4) is 5.75 Å². The van der Waals surface area contributed by atoms with Gasteiger partial charge in [-0.15, -0.1) is 0 Å². The number of nitrogens with zero attached hydrogens (tertiary/aromatic N) is 1. The number of benzene rings is 2. The van der Waals surface area contributed by atoms with Crippen LogP contribution in [0.25, 0.3) is 10.9 Å². The highest BCUT2D eigenvalue weighted by Gasteiger charge is 2.14. The molecule has 0 saturated carbocycles. The molecule has 24 heavy (non-hydrogen) atoms. The average molecular weight is 345 g/mol. The molecule has 2 aromatic carbocycles. The number of methoxy groups -OCH3 is 1. The molecular formula is C18H16FNO3S. The quantitative estimate of drug-likeness (QED) is 0.727. The number of hydrogen-bond acceptors (Lipinski definition) is 4. The number of fused-ring (bicyclic) bond motifs is 1. The molecule has 6 heteroatoms. The first-order chi connectivity index (χ1) is 11.4. The minimum atomic E-state index is -3.37. The third-order valence-corrected chi connectivity index (χ3v) is 4.80. The van der Waals surface area contributed by atoms with E-state index >= 15 is 0 Å². The summed E-state index contributed by atoms with van der Waals surface area (Å²) in [6.45, 7) is 0. The summed E-state index contributed by atoms with van der Waals surface area (Å²) in [5, 5.41) is 0.846. The Labute approximate surface area is 139 Å². The van der Waals surface area contributed by atoms with Gasteiger partial charge in [-0.2, -0.15) is 0 Å². The Kier molecular flexibility index (Phi) is 4.24. The molecule has 0 aliphatic rings. The van der Waals surface area contributed by atoms with Crippen molar-refractivity contribution in [3.05, 3.63) is 65.5 Å². The van der Waals surface area contributed by atoms with Crippen LogP contribution in [0.15, 0.2) is 53.6 Å². The molecule has 0 unspecified atom stereocenters. The maximum absolute atomic E-state index is 13.1. The fourth-order valence-corrected chi connectivity index (χ4v) is 3.19. The molecule has 0 atom stereocenters. The lowest BCUT2D eigenvalue weighted by Crippen LogP contribution is -2.02. The Balaban J connectivity index is 2.15. The molecule has 0 radical (unpaired) electrons. The first-order valence-corrected chi connectivity index (χ1v) is 9.19. The van der Waals surface area contributed by atoms with Gasteiger partial charge < -0.3 is 4.74 Å². The van der Waals surface area contributed by atoms with Crippen molar-refractivity contribution in [1.29, 1.82) is 0 Å².